The monoisotopic (exact) mass is 238 g/mol. The zero-order valence-corrected chi connectivity index (χ0v) is 10.5. The quantitative estimate of drug-likeness (QED) is 0.792. The molecule has 94 valence electrons. The van der Waals surface area contributed by atoms with Gasteiger partial charge in [-0.05, 0) is 30.5 Å². The molecule has 1 unspecified atom stereocenters. The first kappa shape index (κ1) is 13.5. The van der Waals surface area contributed by atoms with E-state index in [1.807, 2.05) is 20.8 Å². The zero-order valence-electron chi connectivity index (χ0n) is 10.5. The molecular formula is C13H19FN2O. The Morgan fingerprint density at radius 2 is 2.06 bits per heavy atom. The standard InChI is InChI=1S/C13H19FN2O/c1-4-12(8(2)3)16-13(17)9-5-10(14)7-11(15)6-9/h5-8,12H,4,15H2,1-3H3,(H,16,17). The Morgan fingerprint density at radius 1 is 1.41 bits per heavy atom. The normalized spacial score (nSPS) is 12.5. The van der Waals surface area contributed by atoms with E-state index >= 15 is 0 Å². The summed E-state index contributed by atoms with van der Waals surface area (Å²) in [7, 11) is 0. The van der Waals surface area contributed by atoms with Gasteiger partial charge < -0.3 is 11.1 Å². The molecule has 1 rings (SSSR count). The molecule has 1 atom stereocenters. The van der Waals surface area contributed by atoms with Crippen LogP contribution in [0.15, 0.2) is 18.2 Å². The Kier molecular flexibility index (Phi) is 4.49. The molecule has 3 nitrogen and oxygen atoms in total. The Morgan fingerprint density at radius 3 is 2.53 bits per heavy atom. The molecule has 0 spiro atoms. The second kappa shape index (κ2) is 5.66. The average Bonchev–Trinajstić information content (AvgIpc) is 2.23. The Hall–Kier alpha value is -1.58. The number of hydrogen-bond donors (Lipinski definition) is 2. The van der Waals surface area contributed by atoms with Crippen molar-refractivity contribution < 1.29 is 9.18 Å². The summed E-state index contributed by atoms with van der Waals surface area (Å²) in [4.78, 5) is 11.9. The second-order valence-electron chi connectivity index (χ2n) is 4.51. The van der Waals surface area contributed by atoms with E-state index in [4.69, 9.17) is 5.73 Å². The van der Waals surface area contributed by atoms with Crippen LogP contribution in [0, 0.1) is 11.7 Å². The summed E-state index contributed by atoms with van der Waals surface area (Å²) in [5, 5.41) is 2.88. The summed E-state index contributed by atoms with van der Waals surface area (Å²) in [5.41, 5.74) is 6.02. The van der Waals surface area contributed by atoms with Crippen molar-refractivity contribution >= 4 is 11.6 Å². The predicted molar refractivity (Wildman–Crippen MR) is 67.2 cm³/mol. The highest BCUT2D eigenvalue weighted by Crippen LogP contribution is 2.12. The summed E-state index contributed by atoms with van der Waals surface area (Å²) in [6.07, 6.45) is 0.841. The number of nitrogens with one attached hydrogen (secondary N) is 1. The number of carbonyl (C=O) groups excluding carboxylic acids is 1. The minimum Gasteiger partial charge on any atom is -0.399 e. The van der Waals surface area contributed by atoms with Crippen LogP contribution in [-0.2, 0) is 0 Å². The molecule has 0 aromatic heterocycles. The third-order valence-electron chi connectivity index (χ3n) is 2.74. The number of nitrogen functional groups attached to an aromatic ring is 1. The largest absolute Gasteiger partial charge is 0.399 e. The van der Waals surface area contributed by atoms with Gasteiger partial charge in [0.15, 0.2) is 0 Å². The van der Waals surface area contributed by atoms with Crippen molar-refractivity contribution in [2.45, 2.75) is 33.2 Å². The minimum atomic E-state index is -0.493. The summed E-state index contributed by atoms with van der Waals surface area (Å²) in [5.74, 6) is -0.431. The molecule has 1 aromatic rings. The van der Waals surface area contributed by atoms with E-state index in [9.17, 15) is 9.18 Å². The number of anilines is 1. The van der Waals surface area contributed by atoms with Crippen LogP contribution < -0.4 is 11.1 Å². The van der Waals surface area contributed by atoms with E-state index in [1.54, 1.807) is 0 Å². The Labute approximate surface area is 101 Å². The molecular weight excluding hydrogens is 219 g/mol. The summed E-state index contributed by atoms with van der Waals surface area (Å²) < 4.78 is 13.1. The highest BCUT2D eigenvalue weighted by molar-refractivity contribution is 5.95. The van der Waals surface area contributed by atoms with E-state index in [0.29, 0.717) is 5.92 Å². The maximum absolute atomic E-state index is 13.1. The number of nitrogens with two attached hydrogens (primary N) is 1. The number of hydrogen-bond acceptors (Lipinski definition) is 2. The molecule has 17 heavy (non-hydrogen) atoms. The number of carbonyl (C=O) groups is 1. The third-order valence-corrected chi connectivity index (χ3v) is 2.74. The minimum absolute atomic E-state index is 0.0898. The van der Waals surface area contributed by atoms with Crippen LogP contribution in [0.4, 0.5) is 10.1 Å². The van der Waals surface area contributed by atoms with Gasteiger partial charge in [-0.3, -0.25) is 4.79 Å². The summed E-state index contributed by atoms with van der Waals surface area (Å²) in [6, 6.07) is 3.95. The lowest BCUT2D eigenvalue weighted by molar-refractivity contribution is 0.0924. The second-order valence-corrected chi connectivity index (χ2v) is 4.51. The molecule has 0 aliphatic heterocycles. The first-order valence-electron chi connectivity index (χ1n) is 5.81. The lowest BCUT2D eigenvalue weighted by Gasteiger charge is -2.20. The van der Waals surface area contributed by atoms with Gasteiger partial charge in [-0.25, -0.2) is 4.39 Å². The molecule has 4 heteroatoms. The molecule has 1 amide bonds. The van der Waals surface area contributed by atoms with Gasteiger partial charge in [-0.15, -0.1) is 0 Å². The van der Waals surface area contributed by atoms with E-state index in [1.165, 1.54) is 18.2 Å². The lowest BCUT2D eigenvalue weighted by atomic mass is 10.0. The molecule has 0 heterocycles. The molecule has 3 N–H and O–H groups in total. The van der Waals surface area contributed by atoms with Crippen LogP contribution in [0.5, 0.6) is 0 Å². The average molecular weight is 238 g/mol. The fraction of sp³-hybridized carbons (Fsp3) is 0.462. The SMILES string of the molecule is CCC(NC(=O)c1cc(N)cc(F)c1)C(C)C. The van der Waals surface area contributed by atoms with Crippen LogP contribution in [0.2, 0.25) is 0 Å². The van der Waals surface area contributed by atoms with Crippen LogP contribution >= 0.6 is 0 Å². The predicted octanol–water partition coefficient (Wildman–Crippen LogP) is 2.57. The van der Waals surface area contributed by atoms with Gasteiger partial charge in [-0.1, -0.05) is 20.8 Å². The lowest BCUT2D eigenvalue weighted by Crippen LogP contribution is -2.38. The van der Waals surface area contributed by atoms with Gasteiger partial charge in [0.25, 0.3) is 5.91 Å². The van der Waals surface area contributed by atoms with E-state index in [-0.39, 0.29) is 23.2 Å². The van der Waals surface area contributed by atoms with Crippen molar-refractivity contribution in [1.82, 2.24) is 5.32 Å². The number of halogens is 1. The molecule has 0 saturated heterocycles. The first-order valence-corrected chi connectivity index (χ1v) is 5.81. The number of rotatable bonds is 4. The van der Waals surface area contributed by atoms with Crippen molar-refractivity contribution in [1.29, 1.82) is 0 Å². The highest BCUT2D eigenvalue weighted by Gasteiger charge is 2.15. The third kappa shape index (κ3) is 3.73. The van der Waals surface area contributed by atoms with Gasteiger partial charge in [0.2, 0.25) is 0 Å². The van der Waals surface area contributed by atoms with Crippen LogP contribution in [0.1, 0.15) is 37.6 Å². The Balaban J connectivity index is 2.82. The molecule has 0 radical (unpaired) electrons. The molecule has 1 aromatic carbocycles. The van der Waals surface area contributed by atoms with E-state index in [2.05, 4.69) is 5.32 Å². The molecule has 0 aliphatic carbocycles. The molecule has 0 saturated carbocycles. The summed E-state index contributed by atoms with van der Waals surface area (Å²) in [6.45, 7) is 6.08. The van der Waals surface area contributed by atoms with Gasteiger partial charge in [-0.2, -0.15) is 0 Å². The van der Waals surface area contributed by atoms with E-state index in [0.717, 1.165) is 6.42 Å². The van der Waals surface area contributed by atoms with Crippen molar-refractivity contribution in [3.8, 4) is 0 Å². The van der Waals surface area contributed by atoms with E-state index < -0.39 is 5.82 Å². The van der Waals surface area contributed by atoms with Gasteiger partial charge in [0.1, 0.15) is 5.82 Å². The fourth-order valence-corrected chi connectivity index (χ4v) is 1.74. The van der Waals surface area contributed by atoms with Crippen molar-refractivity contribution in [3.63, 3.8) is 0 Å². The zero-order chi connectivity index (χ0) is 13.0. The molecule has 0 fully saturated rings. The molecule has 0 aliphatic rings. The van der Waals surface area contributed by atoms with Crippen LogP contribution in [0.3, 0.4) is 0 Å². The highest BCUT2D eigenvalue weighted by atomic mass is 19.1. The summed E-state index contributed by atoms with van der Waals surface area (Å²) >= 11 is 0. The van der Waals surface area contributed by atoms with Crippen molar-refractivity contribution in [3.05, 3.63) is 29.6 Å². The maximum atomic E-state index is 13.1. The number of benzene rings is 1. The van der Waals surface area contributed by atoms with Crippen LogP contribution in [-0.4, -0.2) is 11.9 Å². The van der Waals surface area contributed by atoms with Gasteiger partial charge >= 0.3 is 0 Å². The van der Waals surface area contributed by atoms with Crippen molar-refractivity contribution in [2.24, 2.45) is 5.92 Å². The van der Waals surface area contributed by atoms with Crippen molar-refractivity contribution in [2.75, 3.05) is 5.73 Å². The first-order chi connectivity index (χ1) is 7.93. The number of amides is 1. The van der Waals surface area contributed by atoms with Gasteiger partial charge in [0, 0.05) is 17.3 Å². The van der Waals surface area contributed by atoms with Crippen LogP contribution in [0.25, 0.3) is 0 Å². The maximum Gasteiger partial charge on any atom is 0.251 e. The smallest absolute Gasteiger partial charge is 0.251 e. The Bertz CT molecular complexity index is 384. The topological polar surface area (TPSA) is 55.1 Å². The van der Waals surface area contributed by atoms with Gasteiger partial charge in [0.05, 0.1) is 0 Å². The molecule has 0 bridgehead atoms. The fourth-order valence-electron chi connectivity index (χ4n) is 1.74.